The van der Waals surface area contributed by atoms with Gasteiger partial charge in [-0.05, 0) is 32.7 Å². The van der Waals surface area contributed by atoms with Gasteiger partial charge in [-0.1, -0.05) is 46.0 Å². The Morgan fingerprint density at radius 2 is 1.89 bits per heavy atom. The summed E-state index contributed by atoms with van der Waals surface area (Å²) in [6.07, 6.45) is 11.2. The van der Waals surface area contributed by atoms with Crippen LogP contribution < -0.4 is 5.32 Å². The summed E-state index contributed by atoms with van der Waals surface area (Å²) < 4.78 is 0. The van der Waals surface area contributed by atoms with Crippen molar-refractivity contribution >= 4 is 0 Å². The van der Waals surface area contributed by atoms with Crippen LogP contribution in [-0.2, 0) is 0 Å². The number of nitrogens with one attached hydrogen (secondary N) is 1. The maximum Gasteiger partial charge on any atom is 0.0110 e. The van der Waals surface area contributed by atoms with Gasteiger partial charge in [0.25, 0.3) is 0 Å². The number of rotatable bonds is 10. The molecule has 2 nitrogen and oxygen atoms in total. The number of likely N-dealkylation sites (N-methyl/N-ethyl adjacent to an activating group) is 1. The monoisotopic (exact) mass is 254 g/mol. The van der Waals surface area contributed by atoms with Crippen molar-refractivity contribution in [2.75, 3.05) is 19.6 Å². The lowest BCUT2D eigenvalue weighted by molar-refractivity contribution is 0.207. The molecule has 0 aromatic heterocycles. The molecule has 0 saturated heterocycles. The summed E-state index contributed by atoms with van der Waals surface area (Å²) in [5.41, 5.74) is 0. The summed E-state index contributed by atoms with van der Waals surface area (Å²) in [7, 11) is 0. The summed E-state index contributed by atoms with van der Waals surface area (Å²) in [5.74, 6) is 0. The second-order valence-electron chi connectivity index (χ2n) is 5.92. The molecule has 1 saturated carbocycles. The molecule has 0 spiro atoms. The van der Waals surface area contributed by atoms with Gasteiger partial charge < -0.3 is 5.32 Å². The van der Waals surface area contributed by atoms with Gasteiger partial charge >= 0.3 is 0 Å². The molecule has 1 aliphatic rings. The molecule has 0 bridgehead atoms. The first-order valence-electron chi connectivity index (χ1n) is 8.25. The van der Waals surface area contributed by atoms with E-state index in [-0.39, 0.29) is 0 Å². The van der Waals surface area contributed by atoms with E-state index in [0.29, 0.717) is 6.04 Å². The van der Waals surface area contributed by atoms with Crippen molar-refractivity contribution < 1.29 is 0 Å². The van der Waals surface area contributed by atoms with Crippen LogP contribution in [0.25, 0.3) is 0 Å². The minimum atomic E-state index is 0.693. The number of nitrogens with zero attached hydrogens (tertiary/aromatic N) is 1. The van der Waals surface area contributed by atoms with Gasteiger partial charge in [0.1, 0.15) is 0 Å². The average Bonchev–Trinajstić information content (AvgIpc) is 2.89. The van der Waals surface area contributed by atoms with Gasteiger partial charge in [0.15, 0.2) is 0 Å². The standard InChI is InChI=1S/C16H34N2/c1-4-6-7-10-15(3)17-13-14-18(5-2)16-11-8-9-12-16/h15-17H,4-14H2,1-3H3. The van der Waals surface area contributed by atoms with Gasteiger partial charge in [-0.25, -0.2) is 0 Å². The highest BCUT2D eigenvalue weighted by Crippen LogP contribution is 2.22. The van der Waals surface area contributed by atoms with E-state index >= 15 is 0 Å². The molecule has 18 heavy (non-hydrogen) atoms. The number of unbranched alkanes of at least 4 members (excludes halogenated alkanes) is 2. The quantitative estimate of drug-likeness (QED) is 0.596. The van der Waals surface area contributed by atoms with Crippen molar-refractivity contribution in [2.45, 2.75) is 84.2 Å². The summed E-state index contributed by atoms with van der Waals surface area (Å²) in [5, 5.41) is 3.69. The van der Waals surface area contributed by atoms with E-state index in [1.807, 2.05) is 0 Å². The number of hydrogen-bond donors (Lipinski definition) is 1. The normalized spacial score (nSPS) is 18.7. The molecule has 0 aliphatic heterocycles. The van der Waals surface area contributed by atoms with E-state index in [4.69, 9.17) is 0 Å². The first kappa shape index (κ1) is 16.0. The summed E-state index contributed by atoms with van der Waals surface area (Å²) in [6.45, 7) is 10.5. The molecule has 1 unspecified atom stereocenters. The van der Waals surface area contributed by atoms with Crippen molar-refractivity contribution in [3.8, 4) is 0 Å². The van der Waals surface area contributed by atoms with E-state index < -0.39 is 0 Å². The third kappa shape index (κ3) is 6.19. The third-order valence-corrected chi connectivity index (χ3v) is 4.38. The van der Waals surface area contributed by atoms with Crippen LogP contribution in [-0.4, -0.2) is 36.6 Å². The highest BCUT2D eigenvalue weighted by atomic mass is 15.2. The predicted molar refractivity (Wildman–Crippen MR) is 81.1 cm³/mol. The molecular formula is C16H34N2. The maximum atomic E-state index is 3.69. The van der Waals surface area contributed by atoms with Gasteiger partial charge in [-0.3, -0.25) is 4.90 Å². The fraction of sp³-hybridized carbons (Fsp3) is 1.00. The van der Waals surface area contributed by atoms with E-state index in [9.17, 15) is 0 Å². The molecule has 1 fully saturated rings. The Morgan fingerprint density at radius 3 is 2.50 bits per heavy atom. The molecule has 0 amide bonds. The van der Waals surface area contributed by atoms with E-state index in [1.54, 1.807) is 0 Å². The second kappa shape index (κ2) is 9.80. The van der Waals surface area contributed by atoms with Crippen molar-refractivity contribution in [1.29, 1.82) is 0 Å². The van der Waals surface area contributed by atoms with Crippen LogP contribution in [0.2, 0.25) is 0 Å². The predicted octanol–water partition coefficient (Wildman–Crippen LogP) is 3.81. The average molecular weight is 254 g/mol. The van der Waals surface area contributed by atoms with Crippen molar-refractivity contribution in [3.63, 3.8) is 0 Å². The summed E-state index contributed by atoms with van der Waals surface area (Å²) in [6, 6.07) is 1.58. The van der Waals surface area contributed by atoms with Gasteiger partial charge in [0.05, 0.1) is 0 Å². The maximum absolute atomic E-state index is 3.69. The first-order valence-corrected chi connectivity index (χ1v) is 8.25. The van der Waals surface area contributed by atoms with Crippen LogP contribution in [0.5, 0.6) is 0 Å². The van der Waals surface area contributed by atoms with Crippen LogP contribution in [0.3, 0.4) is 0 Å². The zero-order valence-electron chi connectivity index (χ0n) is 12.9. The Kier molecular flexibility index (Phi) is 8.70. The van der Waals surface area contributed by atoms with Crippen LogP contribution in [0.1, 0.15) is 72.1 Å². The SMILES string of the molecule is CCCCCC(C)NCCN(CC)C1CCCC1. The highest BCUT2D eigenvalue weighted by molar-refractivity contribution is 4.77. The molecule has 0 aromatic carbocycles. The van der Waals surface area contributed by atoms with E-state index in [2.05, 4.69) is 31.0 Å². The molecule has 0 heterocycles. The van der Waals surface area contributed by atoms with Crippen molar-refractivity contribution in [1.82, 2.24) is 10.2 Å². The van der Waals surface area contributed by atoms with Crippen molar-refractivity contribution in [2.24, 2.45) is 0 Å². The fourth-order valence-electron chi connectivity index (χ4n) is 3.13. The minimum Gasteiger partial charge on any atom is -0.313 e. The molecule has 1 aliphatic carbocycles. The Labute approximate surface area is 115 Å². The lowest BCUT2D eigenvalue weighted by atomic mass is 10.1. The zero-order chi connectivity index (χ0) is 13.2. The van der Waals surface area contributed by atoms with Gasteiger partial charge in [0.2, 0.25) is 0 Å². The Bertz CT molecular complexity index is 188. The van der Waals surface area contributed by atoms with Crippen LogP contribution >= 0.6 is 0 Å². The van der Waals surface area contributed by atoms with Gasteiger partial charge in [-0.2, -0.15) is 0 Å². The Morgan fingerprint density at radius 1 is 1.17 bits per heavy atom. The molecule has 1 atom stereocenters. The van der Waals surface area contributed by atoms with Gasteiger partial charge in [-0.15, -0.1) is 0 Å². The highest BCUT2D eigenvalue weighted by Gasteiger charge is 2.20. The summed E-state index contributed by atoms with van der Waals surface area (Å²) >= 11 is 0. The number of hydrogen-bond acceptors (Lipinski definition) is 2. The topological polar surface area (TPSA) is 15.3 Å². The van der Waals surface area contributed by atoms with Crippen LogP contribution in [0.15, 0.2) is 0 Å². The van der Waals surface area contributed by atoms with Crippen LogP contribution in [0.4, 0.5) is 0 Å². The van der Waals surface area contributed by atoms with Gasteiger partial charge in [0, 0.05) is 25.2 Å². The molecule has 108 valence electrons. The zero-order valence-corrected chi connectivity index (χ0v) is 12.9. The fourth-order valence-corrected chi connectivity index (χ4v) is 3.13. The Hall–Kier alpha value is -0.0800. The molecule has 0 aromatic rings. The minimum absolute atomic E-state index is 0.693. The third-order valence-electron chi connectivity index (χ3n) is 4.38. The molecule has 0 radical (unpaired) electrons. The smallest absolute Gasteiger partial charge is 0.0110 e. The largest absolute Gasteiger partial charge is 0.313 e. The Balaban J connectivity index is 2.07. The van der Waals surface area contributed by atoms with Crippen LogP contribution in [0, 0.1) is 0 Å². The second-order valence-corrected chi connectivity index (χ2v) is 5.92. The lowest BCUT2D eigenvalue weighted by Crippen LogP contribution is -2.40. The van der Waals surface area contributed by atoms with Crippen molar-refractivity contribution in [3.05, 3.63) is 0 Å². The molecule has 1 N–H and O–H groups in total. The van der Waals surface area contributed by atoms with E-state index in [0.717, 1.165) is 12.6 Å². The lowest BCUT2D eigenvalue weighted by Gasteiger charge is -2.28. The first-order chi connectivity index (χ1) is 8.77. The molecule has 2 heteroatoms. The molecule has 1 rings (SSSR count). The van der Waals surface area contributed by atoms with E-state index in [1.165, 1.54) is 64.5 Å². The molecular weight excluding hydrogens is 220 g/mol. The summed E-state index contributed by atoms with van der Waals surface area (Å²) in [4.78, 5) is 2.68.